The van der Waals surface area contributed by atoms with Crippen LogP contribution in [-0.4, -0.2) is 0 Å². The average Bonchev–Trinajstić information content (AvgIpc) is 2.15. The highest BCUT2D eigenvalue weighted by molar-refractivity contribution is 5.44. The molecule has 0 atom stereocenters. The Morgan fingerprint density at radius 2 is 2.00 bits per heavy atom. The number of nitrogens with zero attached hydrogens (tertiary/aromatic N) is 1. The maximum Gasteiger partial charge on any atom is 0.0991 e. The van der Waals surface area contributed by atoms with E-state index in [1.165, 1.54) is 16.7 Å². The van der Waals surface area contributed by atoms with Crippen molar-refractivity contribution in [2.45, 2.75) is 40.0 Å². The number of hydrogen-bond donors (Lipinski definition) is 0. The van der Waals surface area contributed by atoms with Crippen LogP contribution >= 0.6 is 0 Å². The van der Waals surface area contributed by atoms with Crippen molar-refractivity contribution in [3.63, 3.8) is 0 Å². The van der Waals surface area contributed by atoms with E-state index in [-0.39, 0.29) is 0 Å². The molecular weight excluding hydrogens is 170 g/mol. The lowest BCUT2D eigenvalue weighted by Crippen LogP contribution is -1.99. The summed E-state index contributed by atoms with van der Waals surface area (Å²) in [6.45, 7) is 8.64. The van der Waals surface area contributed by atoms with E-state index in [4.69, 9.17) is 5.26 Å². The van der Waals surface area contributed by atoms with E-state index in [9.17, 15) is 0 Å². The van der Waals surface area contributed by atoms with Gasteiger partial charge in [0.2, 0.25) is 0 Å². The Labute approximate surface area is 86.4 Å². The average molecular weight is 187 g/mol. The van der Waals surface area contributed by atoms with Crippen molar-refractivity contribution in [2.24, 2.45) is 0 Å². The van der Waals surface area contributed by atoms with Crippen molar-refractivity contribution in [1.29, 1.82) is 5.26 Å². The first-order valence-electron chi connectivity index (χ1n) is 5.13. The van der Waals surface area contributed by atoms with Gasteiger partial charge >= 0.3 is 0 Å². The third kappa shape index (κ3) is 1.96. The molecule has 1 rings (SSSR count). The lowest BCUT2D eigenvalue weighted by Gasteiger charge is -2.15. The largest absolute Gasteiger partial charge is 0.192 e. The molecule has 0 aliphatic heterocycles. The summed E-state index contributed by atoms with van der Waals surface area (Å²) in [6.07, 6.45) is 1.00. The molecule has 1 nitrogen and oxygen atoms in total. The van der Waals surface area contributed by atoms with Gasteiger partial charge in [-0.25, -0.2) is 0 Å². The smallest absolute Gasteiger partial charge is 0.0991 e. The summed E-state index contributed by atoms with van der Waals surface area (Å²) in [5.74, 6) is 0.540. The molecule has 0 aromatic heterocycles. The van der Waals surface area contributed by atoms with Gasteiger partial charge in [-0.15, -0.1) is 0 Å². The van der Waals surface area contributed by atoms with Gasteiger partial charge < -0.3 is 0 Å². The van der Waals surface area contributed by atoms with Crippen LogP contribution in [0.15, 0.2) is 12.1 Å². The Hall–Kier alpha value is -1.29. The fraction of sp³-hybridized carbons (Fsp3) is 0.462. The van der Waals surface area contributed by atoms with Crippen molar-refractivity contribution in [1.82, 2.24) is 0 Å². The van der Waals surface area contributed by atoms with Crippen LogP contribution in [0, 0.1) is 18.3 Å². The van der Waals surface area contributed by atoms with Gasteiger partial charge in [-0.2, -0.15) is 5.26 Å². The molecule has 0 aliphatic rings. The van der Waals surface area contributed by atoms with E-state index < -0.39 is 0 Å². The van der Waals surface area contributed by atoms with Gasteiger partial charge in [0.25, 0.3) is 0 Å². The van der Waals surface area contributed by atoms with Gasteiger partial charge in [0.15, 0.2) is 0 Å². The van der Waals surface area contributed by atoms with Crippen LogP contribution in [0.25, 0.3) is 0 Å². The summed E-state index contributed by atoms with van der Waals surface area (Å²) >= 11 is 0. The monoisotopic (exact) mass is 187 g/mol. The SMILES string of the molecule is CCc1cc(C#N)cc(C)c1C(C)C. The van der Waals surface area contributed by atoms with Gasteiger partial charge in [-0.3, -0.25) is 0 Å². The summed E-state index contributed by atoms with van der Waals surface area (Å²) in [5, 5.41) is 8.86. The highest BCUT2D eigenvalue weighted by atomic mass is 14.2. The second-order valence-electron chi connectivity index (χ2n) is 3.99. The Balaban J connectivity index is 3.36. The minimum atomic E-state index is 0.540. The predicted octanol–water partition coefficient (Wildman–Crippen LogP) is 3.55. The van der Waals surface area contributed by atoms with E-state index in [1.807, 2.05) is 12.1 Å². The van der Waals surface area contributed by atoms with Crippen LogP contribution in [-0.2, 0) is 6.42 Å². The maximum atomic E-state index is 8.86. The first kappa shape index (κ1) is 10.8. The zero-order valence-corrected chi connectivity index (χ0v) is 9.39. The molecular formula is C13H17N. The molecule has 0 N–H and O–H groups in total. The van der Waals surface area contributed by atoms with Gasteiger partial charge in [0, 0.05) is 0 Å². The van der Waals surface area contributed by atoms with Crippen molar-refractivity contribution in [3.8, 4) is 6.07 Å². The van der Waals surface area contributed by atoms with Crippen LogP contribution < -0.4 is 0 Å². The molecule has 1 heteroatoms. The molecule has 1 aromatic rings. The van der Waals surface area contributed by atoms with Gasteiger partial charge in [-0.05, 0) is 48.1 Å². The first-order chi connectivity index (χ1) is 6.60. The fourth-order valence-electron chi connectivity index (χ4n) is 2.05. The van der Waals surface area contributed by atoms with E-state index in [0.29, 0.717) is 5.92 Å². The molecule has 0 heterocycles. The fourth-order valence-corrected chi connectivity index (χ4v) is 2.05. The molecule has 14 heavy (non-hydrogen) atoms. The lowest BCUT2D eigenvalue weighted by atomic mass is 9.90. The summed E-state index contributed by atoms with van der Waals surface area (Å²) in [6, 6.07) is 6.21. The number of rotatable bonds is 2. The van der Waals surface area contributed by atoms with Crippen molar-refractivity contribution in [2.75, 3.05) is 0 Å². The molecule has 74 valence electrons. The predicted molar refractivity (Wildman–Crippen MR) is 59.4 cm³/mol. The minimum Gasteiger partial charge on any atom is -0.192 e. The number of nitriles is 1. The van der Waals surface area contributed by atoms with Gasteiger partial charge in [0.05, 0.1) is 11.6 Å². The van der Waals surface area contributed by atoms with E-state index in [1.54, 1.807) is 0 Å². The lowest BCUT2D eigenvalue weighted by molar-refractivity contribution is 0.833. The first-order valence-corrected chi connectivity index (χ1v) is 5.13. The molecule has 0 fully saturated rings. The molecule has 0 radical (unpaired) electrons. The summed E-state index contributed by atoms with van der Waals surface area (Å²) in [7, 11) is 0. The highest BCUT2D eigenvalue weighted by Crippen LogP contribution is 2.25. The van der Waals surface area contributed by atoms with Crippen molar-refractivity contribution >= 4 is 0 Å². The van der Waals surface area contributed by atoms with E-state index in [0.717, 1.165) is 12.0 Å². The van der Waals surface area contributed by atoms with Crippen LogP contribution in [0.4, 0.5) is 0 Å². The molecule has 0 unspecified atom stereocenters. The second-order valence-corrected chi connectivity index (χ2v) is 3.99. The molecule has 0 spiro atoms. The maximum absolute atomic E-state index is 8.86. The van der Waals surface area contributed by atoms with E-state index in [2.05, 4.69) is 33.8 Å². The zero-order valence-electron chi connectivity index (χ0n) is 9.39. The van der Waals surface area contributed by atoms with Gasteiger partial charge in [-0.1, -0.05) is 20.8 Å². The van der Waals surface area contributed by atoms with Crippen LogP contribution in [0.5, 0.6) is 0 Å². The summed E-state index contributed by atoms with van der Waals surface area (Å²) in [4.78, 5) is 0. The third-order valence-electron chi connectivity index (χ3n) is 2.56. The Bertz CT molecular complexity index is 370. The topological polar surface area (TPSA) is 23.8 Å². The summed E-state index contributed by atoms with van der Waals surface area (Å²) < 4.78 is 0. The molecule has 0 bridgehead atoms. The van der Waals surface area contributed by atoms with Crippen LogP contribution in [0.3, 0.4) is 0 Å². The Morgan fingerprint density at radius 3 is 2.43 bits per heavy atom. The Morgan fingerprint density at radius 1 is 1.36 bits per heavy atom. The van der Waals surface area contributed by atoms with Crippen LogP contribution in [0.1, 0.15) is 48.9 Å². The minimum absolute atomic E-state index is 0.540. The number of hydrogen-bond acceptors (Lipinski definition) is 1. The summed E-state index contributed by atoms with van der Waals surface area (Å²) in [5.41, 5.74) is 4.75. The molecule has 1 aromatic carbocycles. The number of aryl methyl sites for hydroxylation is 2. The Kier molecular flexibility index (Phi) is 3.30. The normalized spacial score (nSPS) is 10.3. The zero-order chi connectivity index (χ0) is 10.7. The molecule has 0 amide bonds. The molecule has 0 saturated heterocycles. The van der Waals surface area contributed by atoms with Gasteiger partial charge in [0.1, 0.15) is 0 Å². The van der Waals surface area contributed by atoms with Crippen molar-refractivity contribution < 1.29 is 0 Å². The van der Waals surface area contributed by atoms with Crippen molar-refractivity contribution in [3.05, 3.63) is 34.4 Å². The quantitative estimate of drug-likeness (QED) is 0.694. The second kappa shape index (κ2) is 4.28. The molecule has 0 saturated carbocycles. The standard InChI is InChI=1S/C13H17N/c1-5-12-7-11(8-14)6-10(4)13(12)9(2)3/h6-7,9H,5H2,1-4H3. The van der Waals surface area contributed by atoms with E-state index >= 15 is 0 Å². The highest BCUT2D eigenvalue weighted by Gasteiger charge is 2.09. The number of benzene rings is 1. The van der Waals surface area contributed by atoms with Crippen LogP contribution in [0.2, 0.25) is 0 Å². The third-order valence-corrected chi connectivity index (χ3v) is 2.56. The molecule has 0 aliphatic carbocycles.